The molecule has 0 saturated heterocycles. The third-order valence-corrected chi connectivity index (χ3v) is 4.76. The van der Waals surface area contributed by atoms with Crippen molar-refractivity contribution in [1.82, 2.24) is 9.88 Å². The molecule has 1 aliphatic carbocycles. The highest BCUT2D eigenvalue weighted by Gasteiger charge is 2.44. The number of nitrogens with zero attached hydrogens (tertiary/aromatic N) is 2. The number of oxazole rings is 1. The van der Waals surface area contributed by atoms with Crippen molar-refractivity contribution < 1.29 is 9.52 Å². The van der Waals surface area contributed by atoms with Gasteiger partial charge in [0.1, 0.15) is 5.76 Å². The van der Waals surface area contributed by atoms with E-state index in [2.05, 4.69) is 4.98 Å². The van der Waals surface area contributed by atoms with Crippen LogP contribution in [0.3, 0.4) is 0 Å². The van der Waals surface area contributed by atoms with Gasteiger partial charge in [0.05, 0.1) is 12.7 Å². The fraction of sp³-hybridized carbons (Fsp3) is 0.526. The minimum absolute atomic E-state index is 0.157. The summed E-state index contributed by atoms with van der Waals surface area (Å²) in [5.41, 5.74) is -0.253. The van der Waals surface area contributed by atoms with Crippen molar-refractivity contribution >= 4 is 0 Å². The molecular weight excluding hydrogens is 288 g/mol. The van der Waals surface area contributed by atoms with Gasteiger partial charge in [-0.2, -0.15) is 0 Å². The molecule has 0 aliphatic heterocycles. The summed E-state index contributed by atoms with van der Waals surface area (Å²) >= 11 is 0. The Morgan fingerprint density at radius 2 is 1.87 bits per heavy atom. The normalized spacial score (nSPS) is 19.0. The molecule has 3 rings (SSSR count). The highest BCUT2D eigenvalue weighted by molar-refractivity contribution is 5.30. The molecule has 2 aromatic rings. The SMILES string of the molecule is CN(C)Cc1cnc([C@@](O)(c2ccccc2)C2CCCCC2)o1. The molecule has 1 saturated carbocycles. The van der Waals surface area contributed by atoms with E-state index < -0.39 is 5.60 Å². The van der Waals surface area contributed by atoms with E-state index in [4.69, 9.17) is 4.42 Å². The van der Waals surface area contributed by atoms with Crippen molar-refractivity contribution in [2.75, 3.05) is 14.1 Å². The molecule has 0 spiro atoms. The first-order valence-electron chi connectivity index (χ1n) is 8.48. The molecule has 1 N–H and O–H groups in total. The van der Waals surface area contributed by atoms with Crippen LogP contribution in [0.4, 0.5) is 0 Å². The van der Waals surface area contributed by atoms with E-state index in [-0.39, 0.29) is 5.92 Å². The van der Waals surface area contributed by atoms with E-state index in [0.29, 0.717) is 12.4 Å². The molecule has 1 aromatic heterocycles. The molecule has 0 radical (unpaired) electrons. The minimum Gasteiger partial charge on any atom is -0.441 e. The molecule has 1 aliphatic rings. The topological polar surface area (TPSA) is 49.5 Å². The van der Waals surface area contributed by atoms with Gasteiger partial charge in [0.2, 0.25) is 5.89 Å². The molecule has 0 bridgehead atoms. The minimum atomic E-state index is -1.13. The average molecular weight is 314 g/mol. The Morgan fingerprint density at radius 3 is 2.52 bits per heavy atom. The van der Waals surface area contributed by atoms with Crippen LogP contribution in [0.1, 0.15) is 49.3 Å². The van der Waals surface area contributed by atoms with Gasteiger partial charge in [-0.25, -0.2) is 4.98 Å². The number of benzene rings is 1. The van der Waals surface area contributed by atoms with E-state index in [1.807, 2.05) is 49.3 Å². The highest BCUT2D eigenvalue weighted by atomic mass is 16.4. The summed E-state index contributed by atoms with van der Waals surface area (Å²) in [6, 6.07) is 9.85. The van der Waals surface area contributed by atoms with Crippen molar-refractivity contribution in [3.05, 3.63) is 53.7 Å². The van der Waals surface area contributed by atoms with Gasteiger partial charge in [0.25, 0.3) is 0 Å². The van der Waals surface area contributed by atoms with E-state index in [0.717, 1.165) is 37.0 Å². The fourth-order valence-corrected chi connectivity index (χ4v) is 3.61. The highest BCUT2D eigenvalue weighted by Crippen LogP contribution is 2.43. The lowest BCUT2D eigenvalue weighted by Gasteiger charge is -2.36. The molecule has 23 heavy (non-hydrogen) atoms. The summed E-state index contributed by atoms with van der Waals surface area (Å²) in [5, 5.41) is 11.7. The standard InChI is InChI=1S/C19H26N2O2/c1-21(2)14-17-13-20-18(23-17)19(22,15-9-5-3-6-10-15)16-11-7-4-8-12-16/h3,5-6,9-10,13,16,22H,4,7-8,11-12,14H2,1-2H3/t19-/m1/s1. The number of hydrogen-bond donors (Lipinski definition) is 1. The molecular formula is C19H26N2O2. The molecule has 1 fully saturated rings. The van der Waals surface area contributed by atoms with Crippen LogP contribution in [-0.2, 0) is 12.1 Å². The van der Waals surface area contributed by atoms with E-state index in [1.165, 1.54) is 6.42 Å². The second-order valence-electron chi connectivity index (χ2n) is 6.84. The molecule has 124 valence electrons. The maximum absolute atomic E-state index is 11.7. The summed E-state index contributed by atoms with van der Waals surface area (Å²) in [6.45, 7) is 0.683. The molecule has 1 atom stereocenters. The second kappa shape index (κ2) is 6.85. The molecule has 4 heteroatoms. The Kier molecular flexibility index (Phi) is 4.83. The molecule has 0 unspecified atom stereocenters. The zero-order chi connectivity index (χ0) is 16.3. The fourth-order valence-electron chi connectivity index (χ4n) is 3.61. The van der Waals surface area contributed by atoms with Gasteiger partial charge in [-0.3, -0.25) is 0 Å². The zero-order valence-corrected chi connectivity index (χ0v) is 14.0. The maximum Gasteiger partial charge on any atom is 0.231 e. The number of rotatable bonds is 5. The summed E-state index contributed by atoms with van der Waals surface area (Å²) in [5.74, 6) is 1.38. The summed E-state index contributed by atoms with van der Waals surface area (Å²) in [6.07, 6.45) is 7.33. The zero-order valence-electron chi connectivity index (χ0n) is 14.0. The molecule has 4 nitrogen and oxygen atoms in total. The second-order valence-corrected chi connectivity index (χ2v) is 6.84. The number of aromatic nitrogens is 1. The Morgan fingerprint density at radius 1 is 1.17 bits per heavy atom. The molecule has 1 aromatic carbocycles. The predicted molar refractivity (Wildman–Crippen MR) is 89.9 cm³/mol. The van der Waals surface area contributed by atoms with E-state index in [1.54, 1.807) is 6.20 Å². The van der Waals surface area contributed by atoms with Crippen LogP contribution in [0.15, 0.2) is 40.9 Å². The van der Waals surface area contributed by atoms with Gasteiger partial charge in [-0.1, -0.05) is 49.6 Å². The lowest BCUT2D eigenvalue weighted by atomic mass is 9.73. The third kappa shape index (κ3) is 3.33. The summed E-state index contributed by atoms with van der Waals surface area (Å²) < 4.78 is 5.96. The van der Waals surface area contributed by atoms with Crippen molar-refractivity contribution in [2.45, 2.75) is 44.2 Å². The summed E-state index contributed by atoms with van der Waals surface area (Å²) in [4.78, 5) is 6.48. The number of aliphatic hydroxyl groups is 1. The van der Waals surface area contributed by atoms with Gasteiger partial charge in [-0.05, 0) is 32.5 Å². The first-order chi connectivity index (χ1) is 11.1. The van der Waals surface area contributed by atoms with Crippen LogP contribution >= 0.6 is 0 Å². The largest absolute Gasteiger partial charge is 0.441 e. The van der Waals surface area contributed by atoms with Gasteiger partial charge in [0.15, 0.2) is 5.60 Å². The van der Waals surface area contributed by atoms with Crippen LogP contribution in [0.2, 0.25) is 0 Å². The average Bonchev–Trinajstić information content (AvgIpc) is 3.04. The van der Waals surface area contributed by atoms with Gasteiger partial charge >= 0.3 is 0 Å². The monoisotopic (exact) mass is 314 g/mol. The first kappa shape index (κ1) is 16.2. The van der Waals surface area contributed by atoms with Crippen LogP contribution in [0, 0.1) is 5.92 Å². The van der Waals surface area contributed by atoms with E-state index in [9.17, 15) is 5.11 Å². The van der Waals surface area contributed by atoms with Gasteiger partial charge < -0.3 is 14.4 Å². The van der Waals surface area contributed by atoms with Crippen LogP contribution < -0.4 is 0 Å². The molecule has 1 heterocycles. The Balaban J connectivity index is 1.99. The van der Waals surface area contributed by atoms with Crippen molar-refractivity contribution in [2.24, 2.45) is 5.92 Å². The summed E-state index contributed by atoms with van der Waals surface area (Å²) in [7, 11) is 3.99. The molecule has 0 amide bonds. The van der Waals surface area contributed by atoms with E-state index >= 15 is 0 Å². The predicted octanol–water partition coefficient (Wildman–Crippen LogP) is 3.55. The van der Waals surface area contributed by atoms with Crippen molar-refractivity contribution in [3.63, 3.8) is 0 Å². The Labute approximate surface area is 138 Å². The van der Waals surface area contributed by atoms with Gasteiger partial charge in [-0.15, -0.1) is 0 Å². The smallest absolute Gasteiger partial charge is 0.231 e. The van der Waals surface area contributed by atoms with Crippen LogP contribution in [-0.4, -0.2) is 29.1 Å². The Hall–Kier alpha value is -1.65. The third-order valence-electron chi connectivity index (χ3n) is 4.76. The Bertz CT molecular complexity index is 617. The number of hydrogen-bond acceptors (Lipinski definition) is 4. The lowest BCUT2D eigenvalue weighted by Crippen LogP contribution is -2.38. The van der Waals surface area contributed by atoms with Crippen molar-refractivity contribution in [1.29, 1.82) is 0 Å². The maximum atomic E-state index is 11.7. The lowest BCUT2D eigenvalue weighted by molar-refractivity contribution is -0.0242. The first-order valence-corrected chi connectivity index (χ1v) is 8.48. The van der Waals surface area contributed by atoms with Crippen LogP contribution in [0.25, 0.3) is 0 Å². The van der Waals surface area contributed by atoms with Crippen molar-refractivity contribution in [3.8, 4) is 0 Å². The van der Waals surface area contributed by atoms with Gasteiger partial charge in [0, 0.05) is 5.92 Å². The quantitative estimate of drug-likeness (QED) is 0.917. The van der Waals surface area contributed by atoms with Crippen LogP contribution in [0.5, 0.6) is 0 Å².